The van der Waals surface area contributed by atoms with E-state index >= 15 is 0 Å². The Labute approximate surface area is 95.7 Å². The number of carbonyl (C=O) groups is 1. The van der Waals surface area contributed by atoms with Crippen LogP contribution in [0.2, 0.25) is 0 Å². The maximum atomic E-state index is 10.8. The van der Waals surface area contributed by atoms with Crippen molar-refractivity contribution in [3.8, 4) is 0 Å². The van der Waals surface area contributed by atoms with Gasteiger partial charge in [0.25, 0.3) is 0 Å². The number of hydrogen-bond acceptors (Lipinski definition) is 4. The van der Waals surface area contributed by atoms with Crippen molar-refractivity contribution in [3.63, 3.8) is 0 Å². The van der Waals surface area contributed by atoms with Crippen LogP contribution in [0, 0.1) is 0 Å². The second-order valence-electron chi connectivity index (χ2n) is 3.66. The van der Waals surface area contributed by atoms with E-state index in [0.29, 0.717) is 17.0 Å². The Morgan fingerprint density at radius 1 is 1.29 bits per heavy atom. The van der Waals surface area contributed by atoms with Crippen LogP contribution in [0.3, 0.4) is 0 Å². The van der Waals surface area contributed by atoms with Crippen molar-refractivity contribution in [1.82, 2.24) is 9.97 Å². The maximum absolute atomic E-state index is 10.8. The van der Waals surface area contributed by atoms with E-state index in [1.54, 1.807) is 24.5 Å². The highest BCUT2D eigenvalue weighted by molar-refractivity contribution is 6.05. The van der Waals surface area contributed by atoms with Gasteiger partial charge in [-0.25, -0.2) is 4.98 Å². The van der Waals surface area contributed by atoms with Crippen LogP contribution in [0.4, 0.5) is 0 Å². The largest absolute Gasteiger partial charge is 0.481 e. The summed E-state index contributed by atoms with van der Waals surface area (Å²) in [4.78, 5) is 19.0. The summed E-state index contributed by atoms with van der Waals surface area (Å²) in [5.74, 6) is -0.914. The zero-order valence-corrected chi connectivity index (χ0v) is 8.75. The van der Waals surface area contributed by atoms with Crippen molar-refractivity contribution in [2.24, 2.45) is 0 Å². The Bertz CT molecular complexity index is 718. The third kappa shape index (κ3) is 1.52. The summed E-state index contributed by atoms with van der Waals surface area (Å²) in [6.07, 6.45) is 3.05. The molecule has 3 rings (SSSR count). The van der Waals surface area contributed by atoms with Gasteiger partial charge in [0.1, 0.15) is 5.58 Å². The molecule has 3 aromatic rings. The van der Waals surface area contributed by atoms with Crippen LogP contribution < -0.4 is 0 Å². The van der Waals surface area contributed by atoms with Crippen LogP contribution >= 0.6 is 0 Å². The lowest BCUT2D eigenvalue weighted by molar-refractivity contribution is -0.136. The molecule has 84 valence electrons. The number of furan rings is 1. The number of rotatable bonds is 2. The van der Waals surface area contributed by atoms with Crippen LogP contribution in [0.15, 0.2) is 35.0 Å². The molecule has 0 spiro atoms. The first-order valence-corrected chi connectivity index (χ1v) is 5.08. The molecule has 17 heavy (non-hydrogen) atoms. The lowest BCUT2D eigenvalue weighted by Crippen LogP contribution is -2.02. The molecule has 0 atom stereocenters. The predicted octanol–water partition coefficient (Wildman–Crippen LogP) is 2.00. The minimum atomic E-state index is -0.914. The molecule has 0 saturated carbocycles. The number of pyridine rings is 2. The quantitative estimate of drug-likeness (QED) is 0.725. The fourth-order valence-corrected chi connectivity index (χ4v) is 1.90. The summed E-state index contributed by atoms with van der Waals surface area (Å²) in [5, 5.41) is 10.4. The Kier molecular flexibility index (Phi) is 2.04. The lowest BCUT2D eigenvalue weighted by Gasteiger charge is -1.97. The lowest BCUT2D eigenvalue weighted by atomic mass is 10.1. The molecule has 0 saturated heterocycles. The Morgan fingerprint density at radius 2 is 2.18 bits per heavy atom. The zero-order valence-electron chi connectivity index (χ0n) is 8.75. The molecule has 0 aliphatic rings. The van der Waals surface area contributed by atoms with E-state index in [0.717, 1.165) is 10.8 Å². The van der Waals surface area contributed by atoms with Crippen molar-refractivity contribution in [1.29, 1.82) is 0 Å². The summed E-state index contributed by atoms with van der Waals surface area (Å²) < 4.78 is 5.53. The SMILES string of the molecule is O=C(O)Cc1nccc2oc3ncccc3c12. The molecular formula is C12H8N2O3. The maximum Gasteiger partial charge on any atom is 0.309 e. The fraction of sp³-hybridized carbons (Fsp3) is 0.0833. The molecular weight excluding hydrogens is 220 g/mol. The van der Waals surface area contributed by atoms with Crippen molar-refractivity contribution < 1.29 is 14.3 Å². The zero-order chi connectivity index (χ0) is 11.8. The monoisotopic (exact) mass is 228 g/mol. The molecule has 0 radical (unpaired) electrons. The second-order valence-corrected chi connectivity index (χ2v) is 3.66. The van der Waals surface area contributed by atoms with Gasteiger partial charge >= 0.3 is 5.97 Å². The van der Waals surface area contributed by atoms with Crippen LogP contribution in [0.1, 0.15) is 5.69 Å². The molecule has 3 aromatic heterocycles. The van der Waals surface area contributed by atoms with E-state index < -0.39 is 5.97 Å². The molecule has 0 unspecified atom stereocenters. The second kappa shape index (κ2) is 3.55. The summed E-state index contributed by atoms with van der Waals surface area (Å²) in [6.45, 7) is 0. The summed E-state index contributed by atoms with van der Waals surface area (Å²) >= 11 is 0. The topological polar surface area (TPSA) is 76.2 Å². The average Bonchev–Trinajstić information content (AvgIpc) is 2.67. The molecule has 0 aromatic carbocycles. The highest BCUT2D eigenvalue weighted by Gasteiger charge is 2.14. The highest BCUT2D eigenvalue weighted by atomic mass is 16.4. The molecule has 0 fully saturated rings. The standard InChI is InChI=1S/C12H8N2O3/c15-10(16)6-8-11-7-2-1-4-14-12(7)17-9(11)3-5-13-8/h1-5H,6H2,(H,15,16). The molecule has 0 aliphatic heterocycles. The summed E-state index contributed by atoms with van der Waals surface area (Å²) in [7, 11) is 0. The molecule has 0 bridgehead atoms. The van der Waals surface area contributed by atoms with Gasteiger partial charge in [-0.15, -0.1) is 0 Å². The van der Waals surface area contributed by atoms with Gasteiger partial charge in [-0.05, 0) is 18.2 Å². The van der Waals surface area contributed by atoms with Crippen molar-refractivity contribution >= 4 is 28.0 Å². The van der Waals surface area contributed by atoms with Crippen LogP contribution in [0.25, 0.3) is 22.1 Å². The number of fused-ring (bicyclic) bond motifs is 3. The minimum absolute atomic E-state index is 0.124. The molecule has 5 nitrogen and oxygen atoms in total. The molecule has 0 amide bonds. The van der Waals surface area contributed by atoms with Gasteiger partial charge in [0.15, 0.2) is 0 Å². The van der Waals surface area contributed by atoms with Gasteiger partial charge in [0.2, 0.25) is 5.71 Å². The van der Waals surface area contributed by atoms with Crippen molar-refractivity contribution in [3.05, 3.63) is 36.3 Å². The Balaban J connectivity index is 2.39. The summed E-state index contributed by atoms with van der Waals surface area (Å²) in [6, 6.07) is 5.35. The smallest absolute Gasteiger partial charge is 0.309 e. The van der Waals surface area contributed by atoms with E-state index in [2.05, 4.69) is 9.97 Å². The first kappa shape index (κ1) is 9.77. The van der Waals surface area contributed by atoms with Crippen LogP contribution in [0.5, 0.6) is 0 Å². The average molecular weight is 228 g/mol. The number of carboxylic acid groups (broad SMARTS) is 1. The van der Waals surface area contributed by atoms with Gasteiger partial charge in [-0.2, -0.15) is 0 Å². The number of carboxylic acids is 1. The van der Waals surface area contributed by atoms with E-state index in [4.69, 9.17) is 9.52 Å². The van der Waals surface area contributed by atoms with Crippen LogP contribution in [-0.4, -0.2) is 21.0 Å². The van der Waals surface area contributed by atoms with Gasteiger partial charge < -0.3 is 9.52 Å². The number of aliphatic carboxylic acids is 1. The van der Waals surface area contributed by atoms with Crippen molar-refractivity contribution in [2.75, 3.05) is 0 Å². The molecule has 3 heterocycles. The van der Waals surface area contributed by atoms with E-state index in [1.807, 2.05) is 6.07 Å². The number of nitrogens with zero attached hydrogens (tertiary/aromatic N) is 2. The molecule has 1 N–H and O–H groups in total. The number of aromatic nitrogens is 2. The number of hydrogen-bond donors (Lipinski definition) is 1. The van der Waals surface area contributed by atoms with Gasteiger partial charge in [0.05, 0.1) is 17.5 Å². The normalized spacial score (nSPS) is 11.1. The Morgan fingerprint density at radius 3 is 3.00 bits per heavy atom. The third-order valence-corrected chi connectivity index (χ3v) is 2.56. The minimum Gasteiger partial charge on any atom is -0.481 e. The summed E-state index contributed by atoms with van der Waals surface area (Å²) in [5.41, 5.74) is 1.62. The van der Waals surface area contributed by atoms with E-state index in [-0.39, 0.29) is 6.42 Å². The van der Waals surface area contributed by atoms with Gasteiger partial charge in [-0.1, -0.05) is 0 Å². The Hall–Kier alpha value is -2.43. The van der Waals surface area contributed by atoms with Gasteiger partial charge in [0, 0.05) is 17.8 Å². The van der Waals surface area contributed by atoms with Crippen LogP contribution in [-0.2, 0) is 11.2 Å². The fourth-order valence-electron chi connectivity index (χ4n) is 1.90. The molecule has 5 heteroatoms. The highest BCUT2D eigenvalue weighted by Crippen LogP contribution is 2.28. The first-order valence-electron chi connectivity index (χ1n) is 5.08. The first-order chi connectivity index (χ1) is 8.25. The predicted molar refractivity (Wildman–Crippen MR) is 60.6 cm³/mol. The third-order valence-electron chi connectivity index (χ3n) is 2.56. The van der Waals surface area contributed by atoms with E-state index in [9.17, 15) is 4.79 Å². The van der Waals surface area contributed by atoms with E-state index in [1.165, 1.54) is 0 Å². The van der Waals surface area contributed by atoms with Gasteiger partial charge in [-0.3, -0.25) is 9.78 Å². The van der Waals surface area contributed by atoms with Crippen molar-refractivity contribution in [2.45, 2.75) is 6.42 Å². The molecule has 0 aliphatic carbocycles.